The van der Waals surface area contributed by atoms with Crippen molar-refractivity contribution in [3.05, 3.63) is 47.6 Å². The van der Waals surface area contributed by atoms with Crippen LogP contribution in [-0.2, 0) is 0 Å². The summed E-state index contributed by atoms with van der Waals surface area (Å²) in [5, 5.41) is 3.79. The van der Waals surface area contributed by atoms with Crippen molar-refractivity contribution in [1.29, 1.82) is 0 Å². The zero-order valence-corrected chi connectivity index (χ0v) is 9.03. The van der Waals surface area contributed by atoms with Crippen molar-refractivity contribution in [3.63, 3.8) is 0 Å². The van der Waals surface area contributed by atoms with Gasteiger partial charge in [-0.1, -0.05) is 11.6 Å². The lowest BCUT2D eigenvalue weighted by Crippen LogP contribution is -2.05. The maximum absolute atomic E-state index is 5.69. The highest BCUT2D eigenvalue weighted by Gasteiger charge is 2.06. The first-order valence-electron chi connectivity index (χ1n) is 4.66. The molecule has 2 aromatic rings. The molecule has 2 aromatic heterocycles. The van der Waals surface area contributed by atoms with E-state index in [1.165, 1.54) is 0 Å². The molecule has 0 spiro atoms. The van der Waals surface area contributed by atoms with Gasteiger partial charge in [0.15, 0.2) is 0 Å². The topological polar surface area (TPSA) is 38.1 Å². The first-order chi connectivity index (χ1) is 7.25. The third kappa shape index (κ3) is 2.50. The number of hydrogen-bond acceptors (Lipinski definition) is 3. The highest BCUT2D eigenvalue weighted by molar-refractivity contribution is 6.29. The number of furan rings is 1. The molecule has 0 aliphatic carbocycles. The number of anilines is 1. The Bertz CT molecular complexity index is 411. The molecule has 15 heavy (non-hydrogen) atoms. The summed E-state index contributed by atoms with van der Waals surface area (Å²) < 4.78 is 5.02. The first kappa shape index (κ1) is 10.1. The van der Waals surface area contributed by atoms with Crippen LogP contribution in [0, 0.1) is 0 Å². The maximum Gasteiger partial charge on any atom is 0.129 e. The maximum atomic E-state index is 5.69. The third-order valence-corrected chi connectivity index (χ3v) is 2.38. The van der Waals surface area contributed by atoms with E-state index < -0.39 is 0 Å². The van der Waals surface area contributed by atoms with Crippen molar-refractivity contribution in [2.24, 2.45) is 0 Å². The molecule has 0 fully saturated rings. The molecular formula is C11H11ClN2O. The molecule has 0 aliphatic heterocycles. The minimum atomic E-state index is 0.187. The Morgan fingerprint density at radius 2 is 2.27 bits per heavy atom. The number of aromatic nitrogens is 1. The van der Waals surface area contributed by atoms with Crippen LogP contribution >= 0.6 is 11.6 Å². The first-order valence-corrected chi connectivity index (χ1v) is 5.03. The number of halogens is 1. The summed E-state index contributed by atoms with van der Waals surface area (Å²) in [7, 11) is 0. The average Bonchev–Trinajstić information content (AvgIpc) is 2.74. The summed E-state index contributed by atoms with van der Waals surface area (Å²) in [6.45, 7) is 2.06. The van der Waals surface area contributed by atoms with Gasteiger partial charge in [0, 0.05) is 5.56 Å². The molecule has 0 aromatic carbocycles. The second-order valence-corrected chi connectivity index (χ2v) is 3.68. The van der Waals surface area contributed by atoms with E-state index in [2.05, 4.69) is 17.2 Å². The van der Waals surface area contributed by atoms with Gasteiger partial charge in [-0.2, -0.15) is 0 Å². The summed E-state index contributed by atoms with van der Waals surface area (Å²) in [6.07, 6.45) is 5.09. The molecule has 2 heterocycles. The molecular weight excluding hydrogens is 212 g/mol. The molecule has 0 aliphatic rings. The van der Waals surface area contributed by atoms with Gasteiger partial charge in [0.1, 0.15) is 5.15 Å². The van der Waals surface area contributed by atoms with Gasteiger partial charge < -0.3 is 9.73 Å². The minimum absolute atomic E-state index is 0.187. The Kier molecular flexibility index (Phi) is 2.92. The Morgan fingerprint density at radius 1 is 1.40 bits per heavy atom. The SMILES string of the molecule is CC(Nc1ccc(Cl)nc1)c1ccoc1. The second kappa shape index (κ2) is 4.36. The molecule has 4 heteroatoms. The van der Waals surface area contributed by atoms with Gasteiger partial charge in [0.05, 0.1) is 30.5 Å². The van der Waals surface area contributed by atoms with Gasteiger partial charge >= 0.3 is 0 Å². The van der Waals surface area contributed by atoms with Crippen LogP contribution in [0.25, 0.3) is 0 Å². The van der Waals surface area contributed by atoms with Gasteiger partial charge in [-0.15, -0.1) is 0 Å². The molecule has 3 nitrogen and oxygen atoms in total. The highest BCUT2D eigenvalue weighted by Crippen LogP contribution is 2.19. The average molecular weight is 223 g/mol. The van der Waals surface area contributed by atoms with Crippen LogP contribution in [0.15, 0.2) is 41.3 Å². The van der Waals surface area contributed by atoms with Crippen LogP contribution in [0.3, 0.4) is 0 Å². The standard InChI is InChI=1S/C11H11ClN2O/c1-8(9-4-5-15-7-9)14-10-2-3-11(12)13-6-10/h2-8,14H,1H3. The van der Waals surface area contributed by atoms with Gasteiger partial charge in [0.25, 0.3) is 0 Å². The van der Waals surface area contributed by atoms with Crippen molar-refractivity contribution >= 4 is 17.3 Å². The molecule has 0 radical (unpaired) electrons. The van der Waals surface area contributed by atoms with E-state index in [0.717, 1.165) is 11.3 Å². The Balaban J connectivity index is 2.06. The fraction of sp³-hybridized carbons (Fsp3) is 0.182. The predicted molar refractivity (Wildman–Crippen MR) is 60.0 cm³/mol. The third-order valence-electron chi connectivity index (χ3n) is 2.15. The molecule has 2 rings (SSSR count). The monoisotopic (exact) mass is 222 g/mol. The van der Waals surface area contributed by atoms with Crippen molar-refractivity contribution < 1.29 is 4.42 Å². The van der Waals surface area contributed by atoms with Gasteiger partial charge in [0.2, 0.25) is 0 Å². The molecule has 1 atom stereocenters. The van der Waals surface area contributed by atoms with Crippen molar-refractivity contribution in [2.75, 3.05) is 5.32 Å². The lowest BCUT2D eigenvalue weighted by Gasteiger charge is -2.12. The lowest BCUT2D eigenvalue weighted by atomic mass is 10.2. The smallest absolute Gasteiger partial charge is 0.129 e. The minimum Gasteiger partial charge on any atom is -0.472 e. The fourth-order valence-electron chi connectivity index (χ4n) is 1.32. The molecule has 0 saturated carbocycles. The number of pyridine rings is 1. The van der Waals surface area contributed by atoms with Crippen LogP contribution < -0.4 is 5.32 Å². The quantitative estimate of drug-likeness (QED) is 0.808. The molecule has 0 amide bonds. The molecule has 0 bridgehead atoms. The number of nitrogens with one attached hydrogen (secondary N) is 1. The normalized spacial score (nSPS) is 12.4. The highest BCUT2D eigenvalue weighted by atomic mass is 35.5. The number of rotatable bonds is 3. The van der Waals surface area contributed by atoms with Crippen LogP contribution in [-0.4, -0.2) is 4.98 Å². The van der Waals surface area contributed by atoms with Crippen molar-refractivity contribution in [3.8, 4) is 0 Å². The van der Waals surface area contributed by atoms with Crippen LogP contribution in [0.1, 0.15) is 18.5 Å². The van der Waals surface area contributed by atoms with E-state index in [0.29, 0.717) is 5.15 Å². The number of hydrogen-bond donors (Lipinski definition) is 1. The van der Waals surface area contributed by atoms with Crippen LogP contribution in [0.4, 0.5) is 5.69 Å². The van der Waals surface area contributed by atoms with Crippen LogP contribution in [0.5, 0.6) is 0 Å². The molecule has 1 N–H and O–H groups in total. The van der Waals surface area contributed by atoms with Crippen LogP contribution in [0.2, 0.25) is 5.15 Å². The summed E-state index contributed by atoms with van der Waals surface area (Å²) in [4.78, 5) is 3.99. The Labute approximate surface area is 93.1 Å². The van der Waals surface area contributed by atoms with E-state index in [4.69, 9.17) is 16.0 Å². The molecule has 0 saturated heterocycles. The largest absolute Gasteiger partial charge is 0.472 e. The van der Waals surface area contributed by atoms with E-state index in [1.807, 2.05) is 12.1 Å². The van der Waals surface area contributed by atoms with Gasteiger partial charge in [-0.05, 0) is 25.1 Å². The van der Waals surface area contributed by atoms with E-state index in [9.17, 15) is 0 Å². The van der Waals surface area contributed by atoms with Crippen molar-refractivity contribution in [1.82, 2.24) is 4.98 Å². The summed E-state index contributed by atoms with van der Waals surface area (Å²) in [5.74, 6) is 0. The zero-order valence-electron chi connectivity index (χ0n) is 8.27. The van der Waals surface area contributed by atoms with Gasteiger partial charge in [-0.3, -0.25) is 0 Å². The Hall–Kier alpha value is -1.48. The summed E-state index contributed by atoms with van der Waals surface area (Å²) in [6, 6.07) is 5.77. The molecule has 1 unspecified atom stereocenters. The number of nitrogens with zero attached hydrogens (tertiary/aromatic N) is 1. The summed E-state index contributed by atoms with van der Waals surface area (Å²) in [5.41, 5.74) is 2.04. The predicted octanol–water partition coefficient (Wildman–Crippen LogP) is 3.50. The summed E-state index contributed by atoms with van der Waals surface area (Å²) >= 11 is 5.69. The van der Waals surface area contributed by atoms with E-state index in [-0.39, 0.29) is 6.04 Å². The Morgan fingerprint density at radius 3 is 2.87 bits per heavy atom. The van der Waals surface area contributed by atoms with E-state index in [1.54, 1.807) is 24.8 Å². The van der Waals surface area contributed by atoms with E-state index >= 15 is 0 Å². The van der Waals surface area contributed by atoms with Gasteiger partial charge in [-0.25, -0.2) is 4.98 Å². The second-order valence-electron chi connectivity index (χ2n) is 3.29. The molecule has 78 valence electrons. The van der Waals surface area contributed by atoms with Crippen molar-refractivity contribution in [2.45, 2.75) is 13.0 Å². The zero-order chi connectivity index (χ0) is 10.7. The fourth-order valence-corrected chi connectivity index (χ4v) is 1.43. The lowest BCUT2D eigenvalue weighted by molar-refractivity contribution is 0.562.